The van der Waals surface area contributed by atoms with E-state index in [1.165, 1.54) is 5.57 Å². The molecule has 0 saturated carbocycles. The number of hydrogen-bond donors (Lipinski definition) is 0. The maximum Gasteiger partial charge on any atom is 0.149 e. The predicted octanol–water partition coefficient (Wildman–Crippen LogP) is 4.99. The van der Waals surface area contributed by atoms with Crippen molar-refractivity contribution in [2.45, 2.75) is 33.4 Å². The molecule has 0 aromatic heterocycles. The summed E-state index contributed by atoms with van der Waals surface area (Å²) in [5.74, 6) is 0.461. The van der Waals surface area contributed by atoms with Crippen molar-refractivity contribution in [2.75, 3.05) is 0 Å². The van der Waals surface area contributed by atoms with E-state index in [4.69, 9.17) is 0 Å². The van der Waals surface area contributed by atoms with Gasteiger partial charge in [-0.25, -0.2) is 0 Å². The molecule has 1 atom stereocenters. The standard InChI is InChI=1S/C20H25OP/c1-16(2)15-17(3)18(4)22(21,19-11-7-5-8-12-19)20-13-9-6-10-14-20/h5-16,18H,1-4H3/b17-15+. The fourth-order valence-electron chi connectivity index (χ4n) is 2.85. The highest BCUT2D eigenvalue weighted by Gasteiger charge is 2.34. The Balaban J connectivity index is 2.60. The van der Waals surface area contributed by atoms with E-state index in [0.717, 1.165) is 10.6 Å². The molecule has 2 rings (SSSR count). The summed E-state index contributed by atoms with van der Waals surface area (Å²) in [5, 5.41) is 1.87. The second kappa shape index (κ2) is 7.11. The molecule has 0 aliphatic heterocycles. The van der Waals surface area contributed by atoms with Crippen LogP contribution in [0, 0.1) is 5.92 Å². The molecule has 116 valence electrons. The second-order valence-electron chi connectivity index (χ2n) is 6.16. The molecule has 2 aromatic carbocycles. The van der Waals surface area contributed by atoms with Crippen molar-refractivity contribution in [1.29, 1.82) is 0 Å². The van der Waals surface area contributed by atoms with E-state index in [-0.39, 0.29) is 5.66 Å². The smallest absolute Gasteiger partial charge is 0.149 e. The van der Waals surface area contributed by atoms with Crippen LogP contribution in [0.25, 0.3) is 0 Å². The number of hydrogen-bond acceptors (Lipinski definition) is 1. The third kappa shape index (κ3) is 3.42. The molecule has 0 heterocycles. The maximum atomic E-state index is 14.1. The Hall–Kier alpha value is -1.59. The average Bonchev–Trinajstić information content (AvgIpc) is 2.54. The van der Waals surface area contributed by atoms with Crippen LogP contribution in [0.15, 0.2) is 72.3 Å². The first-order valence-corrected chi connectivity index (χ1v) is 9.63. The van der Waals surface area contributed by atoms with Gasteiger partial charge in [-0.15, -0.1) is 0 Å². The zero-order valence-corrected chi connectivity index (χ0v) is 14.8. The first-order valence-electron chi connectivity index (χ1n) is 7.85. The lowest BCUT2D eigenvalue weighted by atomic mass is 10.1. The van der Waals surface area contributed by atoms with Gasteiger partial charge in [0.1, 0.15) is 7.14 Å². The zero-order valence-electron chi connectivity index (χ0n) is 13.9. The molecular formula is C20H25OP. The van der Waals surface area contributed by atoms with Crippen molar-refractivity contribution in [3.63, 3.8) is 0 Å². The van der Waals surface area contributed by atoms with Crippen molar-refractivity contribution in [3.8, 4) is 0 Å². The van der Waals surface area contributed by atoms with Crippen LogP contribution in [0.3, 0.4) is 0 Å². The van der Waals surface area contributed by atoms with Gasteiger partial charge in [-0.3, -0.25) is 0 Å². The Kier molecular flexibility index (Phi) is 5.42. The molecular weight excluding hydrogens is 287 g/mol. The summed E-state index contributed by atoms with van der Waals surface area (Å²) in [5.41, 5.74) is 1.20. The van der Waals surface area contributed by atoms with Gasteiger partial charge in [-0.1, -0.05) is 93.1 Å². The van der Waals surface area contributed by atoms with Crippen molar-refractivity contribution in [2.24, 2.45) is 5.92 Å². The lowest BCUT2D eigenvalue weighted by Gasteiger charge is -2.27. The Labute approximate surface area is 134 Å². The van der Waals surface area contributed by atoms with Gasteiger partial charge >= 0.3 is 0 Å². The minimum Gasteiger partial charge on any atom is -0.313 e. The third-order valence-electron chi connectivity index (χ3n) is 4.08. The summed E-state index contributed by atoms with van der Waals surface area (Å²) in [6, 6.07) is 19.8. The summed E-state index contributed by atoms with van der Waals surface area (Å²) >= 11 is 0. The Morgan fingerprint density at radius 3 is 1.64 bits per heavy atom. The molecule has 0 radical (unpaired) electrons. The molecule has 0 spiro atoms. The lowest BCUT2D eigenvalue weighted by Crippen LogP contribution is -2.25. The van der Waals surface area contributed by atoms with Crippen LogP contribution in [0.1, 0.15) is 27.7 Å². The summed E-state index contributed by atoms with van der Waals surface area (Å²) in [7, 11) is -2.70. The van der Waals surface area contributed by atoms with Gasteiger partial charge in [-0.2, -0.15) is 0 Å². The zero-order chi connectivity index (χ0) is 16.2. The summed E-state index contributed by atoms with van der Waals surface area (Å²) < 4.78 is 14.1. The van der Waals surface area contributed by atoms with Gasteiger partial charge in [0.05, 0.1) is 0 Å². The molecule has 2 heteroatoms. The average molecular weight is 312 g/mol. The molecule has 0 N–H and O–H groups in total. The van der Waals surface area contributed by atoms with E-state index < -0.39 is 7.14 Å². The predicted molar refractivity (Wildman–Crippen MR) is 97.8 cm³/mol. The highest BCUT2D eigenvalue weighted by atomic mass is 31.2. The van der Waals surface area contributed by atoms with Crippen molar-refractivity contribution in [1.82, 2.24) is 0 Å². The van der Waals surface area contributed by atoms with Crippen LogP contribution in [-0.4, -0.2) is 5.66 Å². The SMILES string of the molecule is C/C(=C\C(C)C)C(C)P(=O)(c1ccccc1)c1ccccc1. The van der Waals surface area contributed by atoms with E-state index in [9.17, 15) is 4.57 Å². The molecule has 0 saturated heterocycles. The molecule has 1 nitrogen and oxygen atoms in total. The van der Waals surface area contributed by atoms with Crippen LogP contribution in [0.4, 0.5) is 0 Å². The van der Waals surface area contributed by atoms with E-state index in [1.807, 2.05) is 60.7 Å². The van der Waals surface area contributed by atoms with E-state index in [0.29, 0.717) is 5.92 Å². The number of allylic oxidation sites excluding steroid dienone is 2. The van der Waals surface area contributed by atoms with Crippen LogP contribution >= 0.6 is 7.14 Å². The fourth-order valence-corrected chi connectivity index (χ4v) is 5.93. The molecule has 22 heavy (non-hydrogen) atoms. The first kappa shape index (κ1) is 16.8. The monoisotopic (exact) mass is 312 g/mol. The van der Waals surface area contributed by atoms with Crippen LogP contribution in [0.5, 0.6) is 0 Å². The number of benzene rings is 2. The highest BCUT2D eigenvalue weighted by molar-refractivity contribution is 7.79. The van der Waals surface area contributed by atoms with Gasteiger partial charge in [0.2, 0.25) is 0 Å². The Morgan fingerprint density at radius 1 is 0.864 bits per heavy atom. The fraction of sp³-hybridized carbons (Fsp3) is 0.300. The van der Waals surface area contributed by atoms with Gasteiger partial charge in [-0.05, 0) is 12.8 Å². The quantitative estimate of drug-likeness (QED) is 0.561. The normalized spacial score (nSPS) is 14.1. The van der Waals surface area contributed by atoms with Crippen molar-refractivity contribution in [3.05, 3.63) is 72.3 Å². The molecule has 0 aliphatic rings. The van der Waals surface area contributed by atoms with Gasteiger partial charge < -0.3 is 4.57 Å². The third-order valence-corrected chi connectivity index (χ3v) is 7.71. The minimum atomic E-state index is -2.70. The first-order chi connectivity index (χ1) is 10.5. The maximum absolute atomic E-state index is 14.1. The number of rotatable bonds is 5. The Morgan fingerprint density at radius 2 is 1.27 bits per heavy atom. The van der Waals surface area contributed by atoms with E-state index >= 15 is 0 Å². The summed E-state index contributed by atoms with van der Waals surface area (Å²) in [6.45, 7) is 8.51. The molecule has 0 bridgehead atoms. The lowest BCUT2D eigenvalue weighted by molar-refractivity contribution is 0.582. The molecule has 0 amide bonds. The Bertz CT molecular complexity index is 628. The molecule has 2 aromatic rings. The molecule has 0 aliphatic carbocycles. The topological polar surface area (TPSA) is 17.1 Å². The van der Waals surface area contributed by atoms with Crippen molar-refractivity contribution >= 4 is 17.8 Å². The van der Waals surface area contributed by atoms with Crippen molar-refractivity contribution < 1.29 is 4.57 Å². The van der Waals surface area contributed by atoms with E-state index in [1.54, 1.807) is 0 Å². The summed E-state index contributed by atoms with van der Waals surface area (Å²) in [4.78, 5) is 0. The van der Waals surface area contributed by atoms with Crippen LogP contribution in [0.2, 0.25) is 0 Å². The van der Waals surface area contributed by atoms with Crippen LogP contribution in [-0.2, 0) is 4.57 Å². The largest absolute Gasteiger partial charge is 0.313 e. The summed E-state index contributed by atoms with van der Waals surface area (Å²) in [6.07, 6.45) is 2.23. The van der Waals surface area contributed by atoms with Gasteiger partial charge in [0.25, 0.3) is 0 Å². The second-order valence-corrected chi connectivity index (χ2v) is 9.28. The minimum absolute atomic E-state index is 0.000278. The molecule has 0 fully saturated rings. The van der Waals surface area contributed by atoms with E-state index in [2.05, 4.69) is 33.8 Å². The highest BCUT2D eigenvalue weighted by Crippen LogP contribution is 2.51. The van der Waals surface area contributed by atoms with Gasteiger partial charge in [0.15, 0.2) is 0 Å². The van der Waals surface area contributed by atoms with Crippen LogP contribution < -0.4 is 10.6 Å². The van der Waals surface area contributed by atoms with Gasteiger partial charge in [0, 0.05) is 16.3 Å². The molecule has 1 unspecified atom stereocenters.